The van der Waals surface area contributed by atoms with E-state index in [0.29, 0.717) is 23.6 Å². The number of piperazine rings is 1. The molecular weight excluding hydrogens is 378 g/mol. The Labute approximate surface area is 179 Å². The van der Waals surface area contributed by atoms with Crippen LogP contribution in [-0.2, 0) is 4.79 Å². The molecule has 6 heteroatoms. The van der Waals surface area contributed by atoms with Crippen LogP contribution in [0.4, 0.5) is 5.69 Å². The molecule has 0 unspecified atom stereocenters. The Balaban J connectivity index is 1.37. The van der Waals surface area contributed by atoms with Gasteiger partial charge in [0.2, 0.25) is 5.91 Å². The van der Waals surface area contributed by atoms with Gasteiger partial charge < -0.3 is 19.7 Å². The van der Waals surface area contributed by atoms with Gasteiger partial charge in [0.05, 0.1) is 19.9 Å². The molecule has 30 heavy (non-hydrogen) atoms. The number of carbonyl (C=O) groups excluding carboxylic acids is 1. The first kappa shape index (κ1) is 21.9. The van der Waals surface area contributed by atoms with Gasteiger partial charge in [0.15, 0.2) is 0 Å². The number of ether oxygens (including phenoxy) is 2. The third-order valence-corrected chi connectivity index (χ3v) is 5.28. The third-order valence-electron chi connectivity index (χ3n) is 5.28. The highest BCUT2D eigenvalue weighted by atomic mass is 16.5. The zero-order valence-electron chi connectivity index (χ0n) is 17.8. The molecule has 6 nitrogen and oxygen atoms in total. The number of anilines is 1. The van der Waals surface area contributed by atoms with Gasteiger partial charge in [0, 0.05) is 51.8 Å². The zero-order chi connectivity index (χ0) is 21.2. The molecule has 0 saturated carbocycles. The van der Waals surface area contributed by atoms with Crippen LogP contribution in [0.1, 0.15) is 12.0 Å². The zero-order valence-corrected chi connectivity index (χ0v) is 17.8. The highest BCUT2D eigenvalue weighted by Gasteiger charge is 2.17. The van der Waals surface area contributed by atoms with E-state index in [1.807, 2.05) is 12.1 Å². The Morgan fingerprint density at radius 2 is 1.73 bits per heavy atom. The topological polar surface area (TPSA) is 54.0 Å². The van der Waals surface area contributed by atoms with E-state index in [-0.39, 0.29) is 5.91 Å². The maximum Gasteiger partial charge on any atom is 0.225 e. The maximum absolute atomic E-state index is 12.4. The van der Waals surface area contributed by atoms with E-state index < -0.39 is 0 Å². The van der Waals surface area contributed by atoms with Crippen LogP contribution in [-0.4, -0.2) is 69.2 Å². The Morgan fingerprint density at radius 1 is 1.00 bits per heavy atom. The van der Waals surface area contributed by atoms with E-state index >= 15 is 0 Å². The largest absolute Gasteiger partial charge is 0.497 e. The number of amides is 1. The van der Waals surface area contributed by atoms with E-state index in [4.69, 9.17) is 9.47 Å². The molecule has 1 aliphatic rings. The fraction of sp³-hybridized carbons (Fsp3) is 0.375. The predicted molar refractivity (Wildman–Crippen MR) is 121 cm³/mol. The summed E-state index contributed by atoms with van der Waals surface area (Å²) in [6.07, 6.45) is 4.86. The standard InChI is InChI=1S/C24H31N3O3/c1-29-21-10-11-22(23(19-21)30-2)25-24(28)12-14-27-17-15-26(16-18-27)13-6-9-20-7-4-3-5-8-20/h3-11,19H,12-18H2,1-2H3,(H,25,28). The van der Waals surface area contributed by atoms with Crippen molar-refractivity contribution in [3.05, 3.63) is 60.2 Å². The van der Waals surface area contributed by atoms with Crippen LogP contribution in [0.15, 0.2) is 54.6 Å². The summed E-state index contributed by atoms with van der Waals surface area (Å²) in [5.41, 5.74) is 1.90. The van der Waals surface area contributed by atoms with Crippen molar-refractivity contribution < 1.29 is 14.3 Å². The van der Waals surface area contributed by atoms with Gasteiger partial charge in [-0.2, -0.15) is 0 Å². The summed E-state index contributed by atoms with van der Waals surface area (Å²) in [7, 11) is 3.19. The van der Waals surface area contributed by atoms with Gasteiger partial charge in [-0.15, -0.1) is 0 Å². The van der Waals surface area contributed by atoms with E-state index in [1.54, 1.807) is 26.4 Å². The van der Waals surface area contributed by atoms with Crippen molar-refractivity contribution in [1.82, 2.24) is 9.80 Å². The molecule has 0 bridgehead atoms. The molecule has 0 aliphatic carbocycles. The van der Waals surface area contributed by atoms with Gasteiger partial charge >= 0.3 is 0 Å². The first-order valence-electron chi connectivity index (χ1n) is 10.4. The van der Waals surface area contributed by atoms with Gasteiger partial charge in [-0.1, -0.05) is 42.5 Å². The predicted octanol–water partition coefficient (Wildman–Crippen LogP) is 3.36. The van der Waals surface area contributed by atoms with Crippen LogP contribution in [0, 0.1) is 0 Å². The van der Waals surface area contributed by atoms with Crippen molar-refractivity contribution in [2.75, 3.05) is 58.8 Å². The van der Waals surface area contributed by atoms with Crippen LogP contribution in [0.5, 0.6) is 11.5 Å². The van der Waals surface area contributed by atoms with E-state index in [0.717, 1.165) is 39.3 Å². The quantitative estimate of drug-likeness (QED) is 0.688. The molecule has 2 aromatic carbocycles. The Morgan fingerprint density at radius 3 is 2.43 bits per heavy atom. The number of carbonyl (C=O) groups is 1. The van der Waals surface area contributed by atoms with Gasteiger partial charge in [-0.25, -0.2) is 0 Å². The van der Waals surface area contributed by atoms with Crippen LogP contribution in [0.2, 0.25) is 0 Å². The number of hydrogen-bond donors (Lipinski definition) is 1. The molecule has 1 amide bonds. The van der Waals surface area contributed by atoms with Gasteiger partial charge in [-0.3, -0.25) is 9.69 Å². The molecule has 0 spiro atoms. The molecule has 160 valence electrons. The van der Waals surface area contributed by atoms with Crippen LogP contribution in [0.3, 0.4) is 0 Å². The van der Waals surface area contributed by atoms with Crippen LogP contribution < -0.4 is 14.8 Å². The number of nitrogens with one attached hydrogen (secondary N) is 1. The van der Waals surface area contributed by atoms with Crippen molar-refractivity contribution in [2.24, 2.45) is 0 Å². The average Bonchev–Trinajstić information content (AvgIpc) is 2.79. The molecule has 1 heterocycles. The summed E-state index contributed by atoms with van der Waals surface area (Å²) >= 11 is 0. The van der Waals surface area contributed by atoms with Crippen molar-refractivity contribution in [2.45, 2.75) is 6.42 Å². The Kier molecular flexibility index (Phi) is 8.30. The van der Waals surface area contributed by atoms with Crippen LogP contribution in [0.25, 0.3) is 6.08 Å². The molecule has 1 N–H and O–H groups in total. The summed E-state index contributed by atoms with van der Waals surface area (Å²) < 4.78 is 10.5. The summed E-state index contributed by atoms with van der Waals surface area (Å²) in [5.74, 6) is 1.29. The van der Waals surface area contributed by atoms with Crippen molar-refractivity contribution in [3.8, 4) is 11.5 Å². The van der Waals surface area contributed by atoms with Gasteiger partial charge in [0.25, 0.3) is 0 Å². The minimum atomic E-state index is -0.00769. The Bertz CT molecular complexity index is 831. The lowest BCUT2D eigenvalue weighted by Gasteiger charge is -2.34. The second-order valence-electron chi connectivity index (χ2n) is 7.32. The first-order chi connectivity index (χ1) is 14.7. The molecular formula is C24H31N3O3. The molecule has 3 rings (SSSR count). The lowest BCUT2D eigenvalue weighted by Crippen LogP contribution is -2.46. The second-order valence-corrected chi connectivity index (χ2v) is 7.32. The SMILES string of the molecule is COc1ccc(NC(=O)CCN2CCN(CC=Cc3ccccc3)CC2)c(OC)c1. The fourth-order valence-electron chi connectivity index (χ4n) is 3.47. The monoisotopic (exact) mass is 409 g/mol. The first-order valence-corrected chi connectivity index (χ1v) is 10.4. The lowest BCUT2D eigenvalue weighted by atomic mass is 10.2. The minimum Gasteiger partial charge on any atom is -0.497 e. The summed E-state index contributed by atoms with van der Waals surface area (Å²) in [6, 6.07) is 15.7. The average molecular weight is 410 g/mol. The van der Waals surface area contributed by atoms with Crippen LogP contribution >= 0.6 is 0 Å². The summed E-state index contributed by atoms with van der Waals surface area (Å²) in [5, 5.41) is 2.94. The molecule has 1 fully saturated rings. The van der Waals surface area contributed by atoms with E-state index in [9.17, 15) is 4.79 Å². The van der Waals surface area contributed by atoms with Gasteiger partial charge in [0.1, 0.15) is 11.5 Å². The van der Waals surface area contributed by atoms with Gasteiger partial charge in [-0.05, 0) is 17.7 Å². The van der Waals surface area contributed by atoms with Crippen molar-refractivity contribution >= 4 is 17.7 Å². The van der Waals surface area contributed by atoms with Crippen molar-refractivity contribution in [1.29, 1.82) is 0 Å². The second kappa shape index (κ2) is 11.4. The highest BCUT2D eigenvalue weighted by molar-refractivity contribution is 5.92. The summed E-state index contributed by atoms with van der Waals surface area (Å²) in [6.45, 7) is 5.73. The van der Waals surface area contributed by atoms with E-state index in [2.05, 4.69) is 51.5 Å². The normalized spacial score (nSPS) is 15.3. The fourth-order valence-corrected chi connectivity index (χ4v) is 3.47. The molecule has 2 aromatic rings. The number of benzene rings is 2. The highest BCUT2D eigenvalue weighted by Crippen LogP contribution is 2.29. The lowest BCUT2D eigenvalue weighted by molar-refractivity contribution is -0.116. The third kappa shape index (κ3) is 6.61. The Hall–Kier alpha value is -2.83. The molecule has 0 aromatic heterocycles. The summed E-state index contributed by atoms with van der Waals surface area (Å²) in [4.78, 5) is 17.2. The smallest absolute Gasteiger partial charge is 0.225 e. The number of nitrogens with zero attached hydrogens (tertiary/aromatic N) is 2. The molecule has 1 saturated heterocycles. The maximum atomic E-state index is 12.4. The minimum absolute atomic E-state index is 0.00769. The molecule has 0 radical (unpaired) electrons. The number of rotatable bonds is 9. The molecule has 1 aliphatic heterocycles. The number of hydrogen-bond acceptors (Lipinski definition) is 5. The van der Waals surface area contributed by atoms with Crippen molar-refractivity contribution in [3.63, 3.8) is 0 Å². The van der Waals surface area contributed by atoms with E-state index in [1.165, 1.54) is 5.56 Å². The molecule has 0 atom stereocenters. The number of methoxy groups -OCH3 is 2.